The molecule has 1 atom stereocenters. The summed E-state index contributed by atoms with van der Waals surface area (Å²) in [5.74, 6) is -0.339. The van der Waals surface area contributed by atoms with E-state index in [2.05, 4.69) is 29.6 Å². The predicted octanol–water partition coefficient (Wildman–Crippen LogP) is 3.86. The molecule has 2 aromatic rings. The Balaban J connectivity index is 2.03. The van der Waals surface area contributed by atoms with Crippen molar-refractivity contribution in [3.63, 3.8) is 0 Å². The molecule has 7 heteroatoms. The number of sulfonamides is 1. The quantitative estimate of drug-likeness (QED) is 0.657. The molecule has 0 bridgehead atoms. The van der Waals surface area contributed by atoms with Gasteiger partial charge in [-0.2, -0.15) is 0 Å². The Morgan fingerprint density at radius 2 is 1.79 bits per heavy atom. The van der Waals surface area contributed by atoms with Gasteiger partial charge in [-0.3, -0.25) is 9.10 Å². The maximum absolute atomic E-state index is 12.6. The number of hydrogen-bond donors (Lipinski definition) is 1. The van der Waals surface area contributed by atoms with Gasteiger partial charge < -0.3 is 5.32 Å². The first-order chi connectivity index (χ1) is 13.1. The lowest BCUT2D eigenvalue weighted by molar-refractivity contribution is -0.121. The molecule has 5 nitrogen and oxygen atoms in total. The number of rotatable bonds is 8. The number of aryl methyl sites for hydroxylation is 3. The van der Waals surface area contributed by atoms with Crippen molar-refractivity contribution in [2.45, 2.75) is 39.7 Å². The minimum Gasteiger partial charge on any atom is -0.354 e. The van der Waals surface area contributed by atoms with E-state index >= 15 is 0 Å². The summed E-state index contributed by atoms with van der Waals surface area (Å²) < 4.78 is 25.9. The highest BCUT2D eigenvalue weighted by Crippen LogP contribution is 2.28. The van der Waals surface area contributed by atoms with Crippen molar-refractivity contribution in [1.29, 1.82) is 0 Å². The molecule has 2 aromatic carbocycles. The minimum atomic E-state index is -3.67. The summed E-state index contributed by atoms with van der Waals surface area (Å²) in [6.07, 6.45) is 2.71. The van der Waals surface area contributed by atoms with Crippen LogP contribution in [0.5, 0.6) is 0 Å². The van der Waals surface area contributed by atoms with Gasteiger partial charge in [0, 0.05) is 11.6 Å². The molecule has 0 spiro atoms. The van der Waals surface area contributed by atoms with E-state index in [0.717, 1.165) is 29.0 Å². The van der Waals surface area contributed by atoms with E-state index in [0.29, 0.717) is 17.3 Å². The summed E-state index contributed by atoms with van der Waals surface area (Å²) in [4.78, 5) is 12.6. The Morgan fingerprint density at radius 3 is 2.39 bits per heavy atom. The van der Waals surface area contributed by atoms with Gasteiger partial charge in [0.15, 0.2) is 0 Å². The number of benzene rings is 2. The predicted molar refractivity (Wildman–Crippen MR) is 115 cm³/mol. The second kappa shape index (κ2) is 9.43. The van der Waals surface area contributed by atoms with Crippen LogP contribution >= 0.6 is 11.6 Å². The van der Waals surface area contributed by atoms with Crippen molar-refractivity contribution in [3.05, 3.63) is 64.2 Å². The van der Waals surface area contributed by atoms with Gasteiger partial charge >= 0.3 is 0 Å². The second-order valence-corrected chi connectivity index (χ2v) is 9.34. The lowest BCUT2D eigenvalue weighted by Crippen LogP contribution is -2.48. The maximum Gasteiger partial charge on any atom is 0.243 e. The number of amides is 1. The fourth-order valence-electron chi connectivity index (χ4n) is 3.01. The van der Waals surface area contributed by atoms with Gasteiger partial charge in [-0.1, -0.05) is 47.5 Å². The molecule has 0 aliphatic rings. The highest BCUT2D eigenvalue weighted by Gasteiger charge is 2.30. The van der Waals surface area contributed by atoms with E-state index in [1.165, 1.54) is 11.1 Å². The van der Waals surface area contributed by atoms with Gasteiger partial charge in [-0.15, -0.1) is 0 Å². The van der Waals surface area contributed by atoms with Crippen molar-refractivity contribution in [2.75, 3.05) is 17.1 Å². The van der Waals surface area contributed by atoms with Crippen LogP contribution in [0.4, 0.5) is 5.69 Å². The summed E-state index contributed by atoms with van der Waals surface area (Å²) in [7, 11) is -3.67. The van der Waals surface area contributed by atoms with Crippen LogP contribution in [0, 0.1) is 13.8 Å². The van der Waals surface area contributed by atoms with E-state index in [4.69, 9.17) is 11.6 Å². The summed E-state index contributed by atoms with van der Waals surface area (Å²) in [6, 6.07) is 12.4. The zero-order valence-electron chi connectivity index (χ0n) is 16.7. The fourth-order valence-corrected chi connectivity index (χ4v) is 4.40. The Morgan fingerprint density at radius 1 is 1.14 bits per heavy atom. The first kappa shape index (κ1) is 22.2. The molecule has 0 heterocycles. The molecule has 2 rings (SSSR count). The number of hydrogen-bond acceptors (Lipinski definition) is 3. The van der Waals surface area contributed by atoms with E-state index < -0.39 is 16.1 Å². The van der Waals surface area contributed by atoms with Crippen LogP contribution in [-0.2, 0) is 21.2 Å². The largest absolute Gasteiger partial charge is 0.354 e. The zero-order valence-corrected chi connectivity index (χ0v) is 18.3. The third-order valence-electron chi connectivity index (χ3n) is 4.56. The minimum absolute atomic E-state index is 0.339. The molecule has 152 valence electrons. The van der Waals surface area contributed by atoms with Crippen molar-refractivity contribution in [2.24, 2.45) is 0 Å². The molecular weight excluding hydrogens is 396 g/mol. The molecule has 0 saturated heterocycles. The van der Waals surface area contributed by atoms with Gasteiger partial charge in [0.1, 0.15) is 6.04 Å². The maximum atomic E-state index is 12.6. The van der Waals surface area contributed by atoms with Crippen LogP contribution in [0.25, 0.3) is 0 Å². The second-order valence-electron chi connectivity index (χ2n) is 7.05. The summed E-state index contributed by atoms with van der Waals surface area (Å²) in [5.41, 5.74) is 3.56. The molecule has 0 aromatic heterocycles. The average Bonchev–Trinajstić information content (AvgIpc) is 2.62. The topological polar surface area (TPSA) is 66.5 Å². The molecule has 0 aliphatic heterocycles. The summed E-state index contributed by atoms with van der Waals surface area (Å²) >= 11 is 6.04. The Hall–Kier alpha value is -2.05. The van der Waals surface area contributed by atoms with Crippen molar-refractivity contribution in [3.8, 4) is 0 Å². The van der Waals surface area contributed by atoms with E-state index in [1.54, 1.807) is 32.0 Å². The number of nitrogens with one attached hydrogen (secondary N) is 1. The third-order valence-corrected chi connectivity index (χ3v) is 6.02. The van der Waals surface area contributed by atoms with Gasteiger partial charge in [0.05, 0.1) is 11.9 Å². The van der Waals surface area contributed by atoms with Crippen molar-refractivity contribution >= 4 is 33.2 Å². The molecule has 1 N–H and O–H groups in total. The van der Waals surface area contributed by atoms with Crippen LogP contribution in [0.2, 0.25) is 5.02 Å². The van der Waals surface area contributed by atoms with Crippen molar-refractivity contribution in [1.82, 2.24) is 5.32 Å². The van der Waals surface area contributed by atoms with E-state index in [9.17, 15) is 13.2 Å². The van der Waals surface area contributed by atoms with Gasteiger partial charge in [-0.05, 0) is 56.9 Å². The Labute approximate surface area is 172 Å². The van der Waals surface area contributed by atoms with Crippen LogP contribution in [0.1, 0.15) is 30.0 Å². The molecule has 0 aliphatic carbocycles. The Bertz CT molecular complexity index is 927. The number of halogens is 1. The normalized spacial score (nSPS) is 12.5. The van der Waals surface area contributed by atoms with Gasteiger partial charge in [-0.25, -0.2) is 8.42 Å². The molecule has 1 amide bonds. The first-order valence-electron chi connectivity index (χ1n) is 9.18. The standard InChI is InChI=1S/C21H27ClN2O3S/c1-15-7-10-18(11-8-15)6-5-13-23-21(25)17(3)24(28(4,26)27)20-14-19(22)12-9-16(20)2/h7-12,14,17H,5-6,13H2,1-4H3,(H,23,25)/t17-/m0/s1. The number of carbonyl (C=O) groups excluding carboxylic acids is 1. The monoisotopic (exact) mass is 422 g/mol. The summed E-state index contributed by atoms with van der Waals surface area (Å²) in [5, 5.41) is 3.26. The zero-order chi connectivity index (χ0) is 20.9. The molecule has 0 saturated carbocycles. The third kappa shape index (κ3) is 5.97. The lowest BCUT2D eigenvalue weighted by atomic mass is 10.1. The Kier molecular flexibility index (Phi) is 7.49. The lowest BCUT2D eigenvalue weighted by Gasteiger charge is -2.29. The molecule has 0 unspecified atom stereocenters. The first-order valence-corrected chi connectivity index (χ1v) is 11.4. The SMILES string of the molecule is Cc1ccc(CCCNC(=O)[C@H](C)N(c2cc(Cl)ccc2C)S(C)(=O)=O)cc1. The van der Waals surface area contributed by atoms with Crippen LogP contribution < -0.4 is 9.62 Å². The number of carbonyl (C=O) groups is 1. The van der Waals surface area contributed by atoms with Crippen molar-refractivity contribution < 1.29 is 13.2 Å². The van der Waals surface area contributed by atoms with Gasteiger partial charge in [0.2, 0.25) is 15.9 Å². The number of anilines is 1. The summed E-state index contributed by atoms with van der Waals surface area (Å²) in [6.45, 7) is 5.89. The smallest absolute Gasteiger partial charge is 0.243 e. The number of nitrogens with zero attached hydrogens (tertiary/aromatic N) is 1. The molecular formula is C21H27ClN2O3S. The van der Waals surface area contributed by atoms with Crippen LogP contribution in [0.15, 0.2) is 42.5 Å². The van der Waals surface area contributed by atoms with E-state index in [1.807, 2.05) is 6.92 Å². The van der Waals surface area contributed by atoms with Gasteiger partial charge in [0.25, 0.3) is 0 Å². The highest BCUT2D eigenvalue weighted by molar-refractivity contribution is 7.92. The molecule has 28 heavy (non-hydrogen) atoms. The highest BCUT2D eigenvalue weighted by atomic mass is 35.5. The fraction of sp³-hybridized carbons (Fsp3) is 0.381. The molecule has 0 radical (unpaired) electrons. The molecule has 0 fully saturated rings. The van der Waals surface area contributed by atoms with Crippen LogP contribution in [0.3, 0.4) is 0 Å². The average molecular weight is 423 g/mol. The van der Waals surface area contributed by atoms with Crippen LogP contribution in [-0.4, -0.2) is 33.2 Å². The van der Waals surface area contributed by atoms with E-state index in [-0.39, 0.29) is 5.91 Å².